The van der Waals surface area contributed by atoms with E-state index in [0.717, 1.165) is 11.0 Å². The Balaban J connectivity index is 1.80. The van der Waals surface area contributed by atoms with Gasteiger partial charge in [-0.15, -0.1) is 0 Å². The number of benzene rings is 2. The highest BCUT2D eigenvalue weighted by molar-refractivity contribution is 14.1. The molecule has 4 rings (SSSR count). The zero-order valence-electron chi connectivity index (χ0n) is 11.0. The molecule has 2 aliphatic rings. The molecule has 0 aromatic heterocycles. The van der Waals surface area contributed by atoms with E-state index in [-0.39, 0.29) is 11.5 Å². The predicted molar refractivity (Wildman–Crippen MR) is 86.0 cm³/mol. The quantitative estimate of drug-likeness (QED) is 0.597. The van der Waals surface area contributed by atoms with E-state index in [1.165, 1.54) is 11.1 Å². The van der Waals surface area contributed by atoms with E-state index >= 15 is 0 Å². The Bertz CT molecular complexity index is 611. The summed E-state index contributed by atoms with van der Waals surface area (Å²) in [5.74, 6) is -0.435. The van der Waals surface area contributed by atoms with Crippen molar-refractivity contribution in [3.05, 3.63) is 71.8 Å². The second kappa shape index (κ2) is 4.55. The Morgan fingerprint density at radius 3 is 2.20 bits per heavy atom. The van der Waals surface area contributed by atoms with Gasteiger partial charge in [0.05, 0.1) is 11.0 Å². The van der Waals surface area contributed by atoms with Gasteiger partial charge in [0.2, 0.25) is 0 Å². The maximum atomic E-state index is 6.19. The molecular weight excluding hydrogens is 363 g/mol. The molecule has 0 bridgehead atoms. The summed E-state index contributed by atoms with van der Waals surface area (Å²) >= 11 is 2.36. The molecule has 0 amide bonds. The third kappa shape index (κ3) is 1.46. The fraction of sp³-hybridized carbons (Fsp3) is 0.294. The number of ether oxygens (including phenoxy) is 2. The lowest BCUT2D eigenvalue weighted by Crippen LogP contribution is -2.79. The van der Waals surface area contributed by atoms with Crippen molar-refractivity contribution in [3.63, 3.8) is 0 Å². The number of hydrogen-bond acceptors (Lipinski definition) is 2. The summed E-state index contributed by atoms with van der Waals surface area (Å²) in [6, 6.07) is 21.1. The first-order valence-electron chi connectivity index (χ1n) is 6.81. The highest BCUT2D eigenvalue weighted by Gasteiger charge is 2.75. The van der Waals surface area contributed by atoms with Crippen molar-refractivity contribution in [3.8, 4) is 0 Å². The molecule has 2 heterocycles. The molecule has 0 N–H and O–H groups in total. The van der Waals surface area contributed by atoms with Gasteiger partial charge >= 0.3 is 0 Å². The molecule has 2 aromatic rings. The molecule has 0 aliphatic carbocycles. The molecule has 2 aliphatic heterocycles. The van der Waals surface area contributed by atoms with Crippen molar-refractivity contribution in [1.29, 1.82) is 0 Å². The van der Waals surface area contributed by atoms with Gasteiger partial charge in [0.25, 0.3) is 0 Å². The Morgan fingerprint density at radius 1 is 1.00 bits per heavy atom. The fourth-order valence-electron chi connectivity index (χ4n) is 3.40. The lowest BCUT2D eigenvalue weighted by atomic mass is 9.60. The van der Waals surface area contributed by atoms with E-state index in [9.17, 15) is 0 Å². The summed E-state index contributed by atoms with van der Waals surface area (Å²) in [5.41, 5.74) is 2.53. The first-order valence-corrected chi connectivity index (χ1v) is 8.33. The summed E-state index contributed by atoms with van der Waals surface area (Å²) in [6.45, 7) is 0.736. The zero-order chi connectivity index (χ0) is 13.6. The van der Waals surface area contributed by atoms with E-state index in [1.54, 1.807) is 0 Å². The summed E-state index contributed by atoms with van der Waals surface area (Å²) in [5, 5.41) is 0. The number of halogens is 1. The Labute approximate surface area is 132 Å². The first-order chi connectivity index (χ1) is 9.82. The van der Waals surface area contributed by atoms with Crippen LogP contribution in [0.1, 0.15) is 17.2 Å². The summed E-state index contributed by atoms with van der Waals surface area (Å²) in [6.07, 6.45) is 0.0922. The third-order valence-electron chi connectivity index (χ3n) is 4.54. The number of fused-ring (bicyclic) bond motifs is 1. The second-order valence-corrected chi connectivity index (χ2v) is 6.18. The van der Waals surface area contributed by atoms with Crippen LogP contribution in [0.3, 0.4) is 0 Å². The maximum Gasteiger partial charge on any atom is 0.192 e. The first kappa shape index (κ1) is 12.8. The molecule has 102 valence electrons. The van der Waals surface area contributed by atoms with E-state index in [2.05, 4.69) is 77.2 Å². The van der Waals surface area contributed by atoms with Crippen molar-refractivity contribution < 1.29 is 9.47 Å². The lowest BCUT2D eigenvalue weighted by molar-refractivity contribution is -0.471. The molecule has 2 aromatic carbocycles. The van der Waals surface area contributed by atoms with Gasteiger partial charge in [-0.3, -0.25) is 0 Å². The average molecular weight is 378 g/mol. The smallest absolute Gasteiger partial charge is 0.192 e. The molecule has 3 atom stereocenters. The molecular formula is C17H15IO2. The predicted octanol–water partition coefficient (Wildman–Crippen LogP) is 3.86. The van der Waals surface area contributed by atoms with Crippen LogP contribution in [0.5, 0.6) is 0 Å². The molecule has 2 nitrogen and oxygen atoms in total. The van der Waals surface area contributed by atoms with Crippen LogP contribution < -0.4 is 0 Å². The van der Waals surface area contributed by atoms with E-state index in [0.29, 0.717) is 0 Å². The number of alkyl halides is 1. The summed E-state index contributed by atoms with van der Waals surface area (Å²) < 4.78 is 12.9. The molecule has 3 heteroatoms. The van der Waals surface area contributed by atoms with Crippen LogP contribution in [0.15, 0.2) is 60.7 Å². The number of rotatable bonds is 3. The topological polar surface area (TPSA) is 18.5 Å². The third-order valence-corrected chi connectivity index (χ3v) is 5.54. The zero-order valence-corrected chi connectivity index (χ0v) is 13.1. The van der Waals surface area contributed by atoms with Crippen LogP contribution in [0, 0.1) is 0 Å². The monoisotopic (exact) mass is 378 g/mol. The minimum atomic E-state index is -0.435. The fourth-order valence-corrected chi connectivity index (χ4v) is 4.48. The van der Waals surface area contributed by atoms with Crippen molar-refractivity contribution in [1.82, 2.24) is 0 Å². The van der Waals surface area contributed by atoms with Gasteiger partial charge in [-0.05, 0) is 11.1 Å². The highest BCUT2D eigenvalue weighted by atomic mass is 127. The van der Waals surface area contributed by atoms with Gasteiger partial charge in [0.1, 0.15) is 11.5 Å². The van der Waals surface area contributed by atoms with Crippen molar-refractivity contribution >= 4 is 22.6 Å². The highest BCUT2D eigenvalue weighted by Crippen LogP contribution is 2.66. The van der Waals surface area contributed by atoms with Gasteiger partial charge in [0.15, 0.2) is 5.79 Å². The van der Waals surface area contributed by atoms with Crippen molar-refractivity contribution in [2.24, 2.45) is 0 Å². The van der Waals surface area contributed by atoms with Gasteiger partial charge in [0, 0.05) is 0 Å². The van der Waals surface area contributed by atoms with Crippen LogP contribution in [0.4, 0.5) is 0 Å². The molecule has 2 fully saturated rings. The minimum Gasteiger partial charge on any atom is -0.347 e. The molecule has 1 unspecified atom stereocenters. The van der Waals surface area contributed by atoms with Gasteiger partial charge in [-0.2, -0.15) is 0 Å². The average Bonchev–Trinajstić information content (AvgIpc) is 2.52. The van der Waals surface area contributed by atoms with Gasteiger partial charge in [-0.25, -0.2) is 0 Å². The van der Waals surface area contributed by atoms with Crippen molar-refractivity contribution in [2.75, 3.05) is 11.0 Å². The van der Waals surface area contributed by atoms with Gasteiger partial charge in [-0.1, -0.05) is 83.3 Å². The normalized spacial score (nSPS) is 34.8. The Hall–Kier alpha value is -0.910. The van der Waals surface area contributed by atoms with Gasteiger partial charge < -0.3 is 9.47 Å². The van der Waals surface area contributed by atoms with Crippen LogP contribution in [0.25, 0.3) is 0 Å². The van der Waals surface area contributed by atoms with E-state index < -0.39 is 5.79 Å². The molecule has 20 heavy (non-hydrogen) atoms. The molecule has 0 spiro atoms. The second-order valence-electron chi connectivity index (χ2n) is 5.42. The molecule has 0 radical (unpaired) electrons. The molecule has 0 saturated carbocycles. The van der Waals surface area contributed by atoms with Crippen LogP contribution >= 0.6 is 22.6 Å². The maximum absolute atomic E-state index is 6.19. The lowest BCUT2D eigenvalue weighted by Gasteiger charge is -2.69. The minimum absolute atomic E-state index is 0.0309. The van der Waals surface area contributed by atoms with E-state index in [1.807, 2.05) is 6.07 Å². The Morgan fingerprint density at radius 2 is 1.65 bits per heavy atom. The molecule has 2 saturated heterocycles. The van der Waals surface area contributed by atoms with Crippen LogP contribution in [-0.2, 0) is 14.9 Å². The Kier molecular flexibility index (Phi) is 2.91. The SMILES string of the molecule is IC[C@@]12OC[C@]1(c1ccccc1)C(c1ccccc1)O2. The van der Waals surface area contributed by atoms with Crippen LogP contribution in [-0.4, -0.2) is 16.8 Å². The largest absolute Gasteiger partial charge is 0.347 e. The van der Waals surface area contributed by atoms with E-state index in [4.69, 9.17) is 9.47 Å². The number of hydrogen-bond donors (Lipinski definition) is 0. The standard InChI is InChI=1S/C17H15IO2/c18-11-17-16(12-19-17,14-9-5-2-6-10-14)15(20-17)13-7-3-1-4-8-13/h1-10,15H,11-12H2/t15?,16-,17-/m0/s1. The van der Waals surface area contributed by atoms with Crippen molar-refractivity contribution in [2.45, 2.75) is 17.3 Å². The van der Waals surface area contributed by atoms with Crippen LogP contribution in [0.2, 0.25) is 0 Å². The summed E-state index contributed by atoms with van der Waals surface area (Å²) in [4.78, 5) is 0. The summed E-state index contributed by atoms with van der Waals surface area (Å²) in [7, 11) is 0.